The number of hydrogen-bond donors (Lipinski definition) is 6. The monoisotopic (exact) mass is 260 g/mol. The molecule has 16 heavy (non-hydrogen) atoms. The van der Waals surface area contributed by atoms with Crippen LogP contribution in [-0.4, -0.2) is 67.5 Å². The van der Waals surface area contributed by atoms with Gasteiger partial charge in [0.25, 0.3) is 0 Å². The minimum absolute atomic E-state index is 0.702. The SMILES string of the molecule is O=P(O)(O)OC1O[C@@H](CO)[C@@H](O)[C@H](O)[C@@H]1O. The summed E-state index contributed by atoms with van der Waals surface area (Å²) in [5, 5.41) is 36.6. The van der Waals surface area contributed by atoms with Crippen molar-refractivity contribution in [2.24, 2.45) is 0 Å². The summed E-state index contributed by atoms with van der Waals surface area (Å²) in [7, 11) is -4.91. The van der Waals surface area contributed by atoms with E-state index in [0.29, 0.717) is 0 Å². The molecular formula is C6H13O9P. The summed E-state index contributed by atoms with van der Waals surface area (Å²) in [6, 6.07) is 0. The molecule has 9 nitrogen and oxygen atoms in total. The van der Waals surface area contributed by atoms with Crippen LogP contribution in [0.4, 0.5) is 0 Å². The van der Waals surface area contributed by atoms with Crippen LogP contribution < -0.4 is 0 Å². The van der Waals surface area contributed by atoms with Crippen LogP contribution >= 0.6 is 7.82 Å². The maximum absolute atomic E-state index is 10.5. The normalized spacial score (nSPS) is 41.0. The number of hydrogen-bond acceptors (Lipinski definition) is 7. The number of ether oxygens (including phenoxy) is 1. The van der Waals surface area contributed by atoms with Gasteiger partial charge in [-0.05, 0) is 0 Å². The second-order valence-corrected chi connectivity index (χ2v) is 4.49. The van der Waals surface area contributed by atoms with Crippen molar-refractivity contribution in [3.05, 3.63) is 0 Å². The van der Waals surface area contributed by atoms with Gasteiger partial charge in [-0.15, -0.1) is 0 Å². The van der Waals surface area contributed by atoms with Crippen LogP contribution in [-0.2, 0) is 13.8 Å². The number of phosphoric acid groups is 1. The molecule has 96 valence electrons. The van der Waals surface area contributed by atoms with Gasteiger partial charge in [0.15, 0.2) is 6.29 Å². The number of aliphatic hydroxyl groups excluding tert-OH is 4. The van der Waals surface area contributed by atoms with E-state index in [1.165, 1.54) is 0 Å². The first-order chi connectivity index (χ1) is 7.26. The third kappa shape index (κ3) is 3.20. The van der Waals surface area contributed by atoms with Crippen molar-refractivity contribution >= 4 is 7.82 Å². The van der Waals surface area contributed by atoms with Gasteiger partial charge in [0.1, 0.15) is 24.4 Å². The topological polar surface area (TPSA) is 157 Å². The molecule has 0 saturated carbocycles. The van der Waals surface area contributed by atoms with Crippen LogP contribution in [0.5, 0.6) is 0 Å². The molecule has 10 heteroatoms. The van der Waals surface area contributed by atoms with E-state index in [1.54, 1.807) is 0 Å². The summed E-state index contributed by atoms with van der Waals surface area (Å²) in [5.74, 6) is 0. The van der Waals surface area contributed by atoms with E-state index in [0.717, 1.165) is 0 Å². The summed E-state index contributed by atoms with van der Waals surface area (Å²) in [6.07, 6.45) is -8.25. The molecule has 1 aliphatic rings. The Balaban J connectivity index is 2.75. The Kier molecular flexibility index (Phi) is 4.41. The van der Waals surface area contributed by atoms with Gasteiger partial charge in [-0.25, -0.2) is 4.57 Å². The minimum Gasteiger partial charge on any atom is -0.394 e. The smallest absolute Gasteiger partial charge is 0.394 e. The molecule has 0 spiro atoms. The Labute approximate surface area is 90.1 Å². The summed E-state index contributed by atoms with van der Waals surface area (Å²) in [4.78, 5) is 17.0. The van der Waals surface area contributed by atoms with Gasteiger partial charge in [-0.2, -0.15) is 0 Å². The molecule has 6 N–H and O–H groups in total. The van der Waals surface area contributed by atoms with Crippen LogP contribution in [0.3, 0.4) is 0 Å². The Hall–Kier alpha value is -0.0900. The third-order valence-corrected chi connectivity index (χ3v) is 2.57. The highest BCUT2D eigenvalue weighted by atomic mass is 31.2. The van der Waals surface area contributed by atoms with E-state index in [9.17, 15) is 19.9 Å². The molecule has 0 aromatic rings. The first kappa shape index (κ1) is 14.0. The molecular weight excluding hydrogens is 247 g/mol. The fourth-order valence-electron chi connectivity index (χ4n) is 1.29. The minimum atomic E-state index is -4.91. The average Bonchev–Trinajstić information content (AvgIpc) is 2.17. The first-order valence-corrected chi connectivity index (χ1v) is 5.83. The fourth-order valence-corrected chi connectivity index (χ4v) is 1.73. The average molecular weight is 260 g/mol. The van der Waals surface area contributed by atoms with Crippen LogP contribution in [0.15, 0.2) is 0 Å². The summed E-state index contributed by atoms with van der Waals surface area (Å²) >= 11 is 0. The van der Waals surface area contributed by atoms with Crippen molar-refractivity contribution in [2.75, 3.05) is 6.61 Å². The van der Waals surface area contributed by atoms with Gasteiger partial charge < -0.3 is 34.9 Å². The fraction of sp³-hybridized carbons (Fsp3) is 1.00. The Bertz CT molecular complexity index is 275. The molecule has 0 aliphatic carbocycles. The van der Waals surface area contributed by atoms with Gasteiger partial charge in [-0.1, -0.05) is 0 Å². The number of rotatable bonds is 3. The van der Waals surface area contributed by atoms with Crippen LogP contribution in [0.1, 0.15) is 0 Å². The van der Waals surface area contributed by atoms with Crippen molar-refractivity contribution in [3.8, 4) is 0 Å². The molecule has 1 unspecified atom stereocenters. The second-order valence-electron chi connectivity index (χ2n) is 3.29. The lowest BCUT2D eigenvalue weighted by molar-refractivity contribution is -0.280. The molecule has 1 fully saturated rings. The summed E-state index contributed by atoms with van der Waals surface area (Å²) in [5.41, 5.74) is 0. The van der Waals surface area contributed by atoms with Gasteiger partial charge in [-0.3, -0.25) is 4.52 Å². The first-order valence-electron chi connectivity index (χ1n) is 4.30. The highest BCUT2D eigenvalue weighted by Gasteiger charge is 2.46. The van der Waals surface area contributed by atoms with E-state index < -0.39 is 45.1 Å². The molecule has 1 rings (SSSR count). The van der Waals surface area contributed by atoms with Crippen molar-refractivity contribution in [1.82, 2.24) is 0 Å². The lowest BCUT2D eigenvalue weighted by Crippen LogP contribution is -2.58. The van der Waals surface area contributed by atoms with Gasteiger partial charge in [0.05, 0.1) is 6.61 Å². The predicted octanol–water partition coefficient (Wildman–Crippen LogP) is -3.10. The Morgan fingerprint density at radius 3 is 2.12 bits per heavy atom. The highest BCUT2D eigenvalue weighted by Crippen LogP contribution is 2.40. The lowest BCUT2D eigenvalue weighted by atomic mass is 10.00. The quantitative estimate of drug-likeness (QED) is 0.289. The highest BCUT2D eigenvalue weighted by molar-refractivity contribution is 7.46. The standard InChI is InChI=1S/C6H13O9P/c7-1-2-3(8)4(9)5(10)6(14-2)15-16(11,12)13/h2-10H,1H2,(H2,11,12,13)/t2-,3+,4-,5-,6?/m0/s1. The zero-order valence-electron chi connectivity index (χ0n) is 7.95. The third-order valence-electron chi connectivity index (χ3n) is 2.09. The largest absolute Gasteiger partial charge is 0.472 e. The van der Waals surface area contributed by atoms with Gasteiger partial charge >= 0.3 is 7.82 Å². The lowest BCUT2D eigenvalue weighted by Gasteiger charge is -2.39. The van der Waals surface area contributed by atoms with Crippen LogP contribution in [0.25, 0.3) is 0 Å². The maximum Gasteiger partial charge on any atom is 0.472 e. The zero-order valence-corrected chi connectivity index (χ0v) is 8.84. The molecule has 0 aromatic heterocycles. The van der Waals surface area contributed by atoms with Gasteiger partial charge in [0, 0.05) is 0 Å². The second kappa shape index (κ2) is 5.05. The maximum atomic E-state index is 10.5. The van der Waals surface area contributed by atoms with Crippen molar-refractivity contribution < 1.29 is 44.0 Å². The predicted molar refractivity (Wildman–Crippen MR) is 46.9 cm³/mol. The van der Waals surface area contributed by atoms with E-state index in [-0.39, 0.29) is 0 Å². The van der Waals surface area contributed by atoms with Crippen molar-refractivity contribution in [3.63, 3.8) is 0 Å². The van der Waals surface area contributed by atoms with E-state index in [4.69, 9.17) is 14.9 Å². The molecule has 0 amide bonds. The summed E-state index contributed by atoms with van der Waals surface area (Å²) in [6.45, 7) is -0.702. The molecule has 0 radical (unpaired) electrons. The van der Waals surface area contributed by atoms with Crippen LogP contribution in [0, 0.1) is 0 Å². The number of aliphatic hydroxyl groups is 4. The van der Waals surface area contributed by atoms with Gasteiger partial charge in [0.2, 0.25) is 0 Å². The van der Waals surface area contributed by atoms with Crippen LogP contribution in [0.2, 0.25) is 0 Å². The molecule has 1 heterocycles. The molecule has 0 aromatic carbocycles. The number of phosphoric ester groups is 1. The van der Waals surface area contributed by atoms with E-state index in [2.05, 4.69) is 9.26 Å². The Morgan fingerprint density at radius 1 is 1.12 bits per heavy atom. The van der Waals surface area contributed by atoms with Crippen molar-refractivity contribution in [1.29, 1.82) is 0 Å². The molecule has 1 aliphatic heterocycles. The molecule has 1 saturated heterocycles. The molecule has 5 atom stereocenters. The zero-order chi connectivity index (χ0) is 12.5. The molecule has 0 bridgehead atoms. The Morgan fingerprint density at radius 2 is 1.69 bits per heavy atom. The van der Waals surface area contributed by atoms with Crippen molar-refractivity contribution in [2.45, 2.75) is 30.7 Å². The summed E-state index contributed by atoms with van der Waals surface area (Å²) < 4.78 is 19.2. The van der Waals surface area contributed by atoms with E-state index in [1.807, 2.05) is 0 Å². The van der Waals surface area contributed by atoms with E-state index >= 15 is 0 Å².